The Kier molecular flexibility index (Phi) is 3.05. The Morgan fingerprint density at radius 1 is 1.31 bits per heavy atom. The minimum atomic E-state index is 0.539. The molecule has 16 heavy (non-hydrogen) atoms. The predicted molar refractivity (Wildman–Crippen MR) is 70.3 cm³/mol. The molecule has 86 valence electrons. The summed E-state index contributed by atoms with van der Waals surface area (Å²) in [5.74, 6) is 0. The zero-order chi connectivity index (χ0) is 11.0. The van der Waals surface area contributed by atoms with Crippen molar-refractivity contribution >= 4 is 22.9 Å². The van der Waals surface area contributed by atoms with Crippen LogP contribution in [0.2, 0.25) is 4.34 Å². The van der Waals surface area contributed by atoms with Gasteiger partial charge in [0.2, 0.25) is 0 Å². The van der Waals surface area contributed by atoms with E-state index in [0.29, 0.717) is 12.1 Å². The highest BCUT2D eigenvalue weighted by molar-refractivity contribution is 7.16. The zero-order valence-electron chi connectivity index (χ0n) is 9.21. The van der Waals surface area contributed by atoms with Crippen molar-refractivity contribution in [3.05, 3.63) is 33.0 Å². The van der Waals surface area contributed by atoms with Gasteiger partial charge in [-0.3, -0.25) is 0 Å². The van der Waals surface area contributed by atoms with E-state index in [-0.39, 0.29) is 0 Å². The van der Waals surface area contributed by atoms with Gasteiger partial charge in [0.05, 0.1) is 4.34 Å². The molecule has 0 spiro atoms. The molecule has 0 radical (unpaired) electrons. The lowest BCUT2D eigenvalue weighted by Gasteiger charge is -2.26. The summed E-state index contributed by atoms with van der Waals surface area (Å²) in [6.45, 7) is 0. The van der Waals surface area contributed by atoms with Gasteiger partial charge < -0.3 is 5.32 Å². The minimum absolute atomic E-state index is 0.539. The Hall–Kier alpha value is -0.310. The van der Waals surface area contributed by atoms with Gasteiger partial charge in [-0.05, 0) is 43.7 Å². The lowest BCUT2D eigenvalue weighted by atomic mass is 9.93. The molecule has 1 aromatic heterocycles. The Labute approximate surface area is 106 Å². The third kappa shape index (κ3) is 2.06. The van der Waals surface area contributed by atoms with Crippen molar-refractivity contribution < 1.29 is 0 Å². The van der Waals surface area contributed by atoms with E-state index >= 15 is 0 Å². The maximum atomic E-state index is 6.11. The summed E-state index contributed by atoms with van der Waals surface area (Å²) < 4.78 is 0.947. The van der Waals surface area contributed by atoms with Crippen LogP contribution in [-0.4, -0.2) is 6.04 Å². The van der Waals surface area contributed by atoms with Crippen LogP contribution >= 0.6 is 22.9 Å². The molecule has 0 fully saturated rings. The zero-order valence-corrected chi connectivity index (χ0v) is 10.8. The molecule has 0 aliphatic heterocycles. The van der Waals surface area contributed by atoms with Crippen molar-refractivity contribution in [2.45, 2.75) is 44.2 Å². The van der Waals surface area contributed by atoms with E-state index in [4.69, 9.17) is 11.6 Å². The summed E-state index contributed by atoms with van der Waals surface area (Å²) >= 11 is 7.87. The van der Waals surface area contributed by atoms with Crippen LogP contribution < -0.4 is 5.32 Å². The highest BCUT2D eigenvalue weighted by atomic mass is 35.5. The third-order valence-corrected chi connectivity index (χ3v) is 4.87. The number of hydrogen-bond acceptors (Lipinski definition) is 2. The second-order valence-electron chi connectivity index (χ2n) is 4.68. The van der Waals surface area contributed by atoms with Crippen LogP contribution in [0.4, 0.5) is 0 Å². The molecule has 1 atom stereocenters. The average Bonchev–Trinajstić information content (AvgIpc) is 2.86. The summed E-state index contributed by atoms with van der Waals surface area (Å²) in [6.07, 6.45) is 10.7. The van der Waals surface area contributed by atoms with Crippen molar-refractivity contribution in [3.63, 3.8) is 0 Å². The van der Waals surface area contributed by atoms with Gasteiger partial charge in [-0.15, -0.1) is 11.3 Å². The molecule has 2 aliphatic rings. The normalized spacial score (nSPS) is 24.9. The van der Waals surface area contributed by atoms with Crippen LogP contribution in [0, 0.1) is 0 Å². The van der Waals surface area contributed by atoms with Gasteiger partial charge in [0, 0.05) is 17.0 Å². The summed E-state index contributed by atoms with van der Waals surface area (Å²) in [5, 5.41) is 3.77. The molecule has 0 aromatic carbocycles. The Balaban J connectivity index is 1.76. The topological polar surface area (TPSA) is 12.0 Å². The largest absolute Gasteiger partial charge is 0.307 e. The first-order valence-corrected chi connectivity index (χ1v) is 7.21. The van der Waals surface area contributed by atoms with Crippen LogP contribution in [-0.2, 0) is 6.42 Å². The summed E-state index contributed by atoms with van der Waals surface area (Å²) in [4.78, 5) is 1.50. The summed E-state index contributed by atoms with van der Waals surface area (Å²) in [7, 11) is 0. The molecule has 1 nitrogen and oxygen atoms in total. The highest BCUT2D eigenvalue weighted by Gasteiger charge is 2.24. The molecule has 1 aromatic rings. The maximum absolute atomic E-state index is 6.11. The molecule has 1 N–H and O–H groups in total. The van der Waals surface area contributed by atoms with Crippen molar-refractivity contribution in [2.75, 3.05) is 0 Å². The monoisotopic (exact) mass is 253 g/mol. The molecule has 2 aliphatic carbocycles. The Morgan fingerprint density at radius 2 is 2.12 bits per heavy atom. The highest BCUT2D eigenvalue weighted by Crippen LogP contribution is 2.38. The van der Waals surface area contributed by atoms with Gasteiger partial charge in [-0.25, -0.2) is 0 Å². The SMILES string of the molecule is Clc1cc2c(s1)CCCC2NC1CC=CC1. The van der Waals surface area contributed by atoms with E-state index in [1.54, 1.807) is 11.3 Å². The van der Waals surface area contributed by atoms with Gasteiger partial charge >= 0.3 is 0 Å². The Bertz CT molecular complexity index is 402. The van der Waals surface area contributed by atoms with Crippen LogP contribution in [0.3, 0.4) is 0 Å². The smallest absolute Gasteiger partial charge is 0.0934 e. The van der Waals surface area contributed by atoms with Crippen molar-refractivity contribution in [2.24, 2.45) is 0 Å². The number of rotatable bonds is 2. The van der Waals surface area contributed by atoms with E-state index in [1.165, 1.54) is 42.5 Å². The van der Waals surface area contributed by atoms with Crippen molar-refractivity contribution in [3.8, 4) is 0 Å². The fraction of sp³-hybridized carbons (Fsp3) is 0.538. The molecule has 0 bridgehead atoms. The van der Waals surface area contributed by atoms with Gasteiger partial charge in [0.25, 0.3) is 0 Å². The number of thiophene rings is 1. The van der Waals surface area contributed by atoms with Gasteiger partial charge in [0.15, 0.2) is 0 Å². The summed E-state index contributed by atoms with van der Waals surface area (Å²) in [6, 6.07) is 3.35. The van der Waals surface area contributed by atoms with Crippen LogP contribution in [0.5, 0.6) is 0 Å². The molecule has 3 heteroatoms. The van der Waals surface area contributed by atoms with E-state index in [1.807, 2.05) is 0 Å². The van der Waals surface area contributed by atoms with Gasteiger partial charge in [-0.1, -0.05) is 23.8 Å². The van der Waals surface area contributed by atoms with E-state index in [9.17, 15) is 0 Å². The molecule has 0 saturated carbocycles. The fourth-order valence-corrected chi connectivity index (χ4v) is 4.12. The maximum Gasteiger partial charge on any atom is 0.0934 e. The molecule has 1 heterocycles. The van der Waals surface area contributed by atoms with Crippen LogP contribution in [0.25, 0.3) is 0 Å². The van der Waals surface area contributed by atoms with Crippen molar-refractivity contribution in [1.82, 2.24) is 5.32 Å². The Morgan fingerprint density at radius 3 is 2.94 bits per heavy atom. The molecular weight excluding hydrogens is 238 g/mol. The lowest BCUT2D eigenvalue weighted by Crippen LogP contribution is -2.32. The van der Waals surface area contributed by atoms with E-state index < -0.39 is 0 Å². The minimum Gasteiger partial charge on any atom is -0.307 e. The number of fused-ring (bicyclic) bond motifs is 1. The van der Waals surface area contributed by atoms with Gasteiger partial charge in [0.1, 0.15) is 0 Å². The molecule has 0 saturated heterocycles. The van der Waals surface area contributed by atoms with Crippen LogP contribution in [0.15, 0.2) is 18.2 Å². The van der Waals surface area contributed by atoms with Crippen LogP contribution in [0.1, 0.15) is 42.2 Å². The van der Waals surface area contributed by atoms with Crippen molar-refractivity contribution in [1.29, 1.82) is 0 Å². The molecule has 3 rings (SSSR count). The first-order chi connectivity index (χ1) is 7.83. The lowest BCUT2D eigenvalue weighted by molar-refractivity contribution is 0.406. The quantitative estimate of drug-likeness (QED) is 0.783. The van der Waals surface area contributed by atoms with Gasteiger partial charge in [-0.2, -0.15) is 0 Å². The number of hydrogen-bond donors (Lipinski definition) is 1. The first kappa shape index (κ1) is 10.8. The molecular formula is C13H16ClNS. The number of aryl methyl sites for hydroxylation is 1. The first-order valence-electron chi connectivity index (χ1n) is 6.02. The molecule has 1 unspecified atom stereocenters. The summed E-state index contributed by atoms with van der Waals surface area (Å²) in [5.41, 5.74) is 1.47. The van der Waals surface area contributed by atoms with E-state index in [0.717, 1.165) is 4.34 Å². The fourth-order valence-electron chi connectivity index (χ4n) is 2.73. The van der Waals surface area contributed by atoms with E-state index in [2.05, 4.69) is 23.5 Å². The standard InChI is InChI=1S/C13H16ClNS/c14-13-8-10-11(6-3-7-12(10)16-13)15-9-4-1-2-5-9/h1-2,8-9,11,15H,3-7H2. The predicted octanol–water partition coefficient (Wildman–Crippen LogP) is 4.09. The second-order valence-corrected chi connectivity index (χ2v) is 6.45. The number of nitrogens with one attached hydrogen (secondary N) is 1. The second kappa shape index (κ2) is 4.52. The number of halogens is 1. The average molecular weight is 254 g/mol. The molecule has 0 amide bonds. The third-order valence-electron chi connectivity index (χ3n) is 3.53.